The van der Waals surface area contributed by atoms with Gasteiger partial charge in [-0.3, -0.25) is 4.79 Å². The summed E-state index contributed by atoms with van der Waals surface area (Å²) in [5.41, 5.74) is 2.00. The molecule has 0 atom stereocenters. The third-order valence-corrected chi connectivity index (χ3v) is 3.24. The lowest BCUT2D eigenvalue weighted by Crippen LogP contribution is -2.14. The molecule has 0 radical (unpaired) electrons. The minimum absolute atomic E-state index is 0.0238. The molecule has 116 valence electrons. The van der Waals surface area contributed by atoms with Crippen LogP contribution in [0, 0.1) is 0 Å². The van der Waals surface area contributed by atoms with Crippen molar-refractivity contribution in [3.8, 4) is 5.75 Å². The zero-order valence-electron chi connectivity index (χ0n) is 13.2. The highest BCUT2D eigenvalue weighted by atomic mass is 16.5. The minimum atomic E-state index is 0.0238. The lowest BCUT2D eigenvalue weighted by molar-refractivity contribution is -0.116. The fraction of sp³-hybridized carbons (Fsp3) is 0.316. The summed E-state index contributed by atoms with van der Waals surface area (Å²) in [6, 6.07) is 17.8. The Morgan fingerprint density at radius 2 is 1.73 bits per heavy atom. The van der Waals surface area contributed by atoms with E-state index in [0.717, 1.165) is 18.5 Å². The van der Waals surface area contributed by atoms with Crippen LogP contribution in [0.15, 0.2) is 54.6 Å². The minimum Gasteiger partial charge on any atom is -0.489 e. The Labute approximate surface area is 132 Å². The lowest BCUT2D eigenvalue weighted by Gasteiger charge is -2.14. The number of ether oxygens (including phenoxy) is 1. The number of benzene rings is 2. The van der Waals surface area contributed by atoms with Crippen LogP contribution in [0.2, 0.25) is 0 Å². The predicted molar refractivity (Wildman–Crippen MR) is 90.2 cm³/mol. The summed E-state index contributed by atoms with van der Waals surface area (Å²) >= 11 is 0. The van der Waals surface area contributed by atoms with E-state index in [1.54, 1.807) is 0 Å². The molecular weight excluding hydrogens is 274 g/mol. The molecule has 1 N–H and O–H groups in total. The topological polar surface area (TPSA) is 38.3 Å². The number of nitrogens with one attached hydrogen (secondary N) is 1. The van der Waals surface area contributed by atoms with Gasteiger partial charge in [-0.05, 0) is 44.4 Å². The fourth-order valence-electron chi connectivity index (χ4n) is 2.24. The van der Waals surface area contributed by atoms with Gasteiger partial charge in [-0.2, -0.15) is 0 Å². The molecule has 2 aromatic rings. The summed E-state index contributed by atoms with van der Waals surface area (Å²) in [7, 11) is 0. The Balaban J connectivity index is 1.84. The molecule has 3 heteroatoms. The zero-order chi connectivity index (χ0) is 15.8. The van der Waals surface area contributed by atoms with Crippen LogP contribution in [-0.2, 0) is 11.2 Å². The van der Waals surface area contributed by atoms with Crippen LogP contribution in [0.4, 0.5) is 5.69 Å². The van der Waals surface area contributed by atoms with Gasteiger partial charge in [0.25, 0.3) is 0 Å². The third kappa shape index (κ3) is 5.24. The van der Waals surface area contributed by atoms with Crippen LogP contribution >= 0.6 is 0 Å². The Morgan fingerprint density at radius 1 is 1.05 bits per heavy atom. The van der Waals surface area contributed by atoms with Crippen LogP contribution in [0.5, 0.6) is 5.75 Å². The highest BCUT2D eigenvalue weighted by molar-refractivity contribution is 5.92. The zero-order valence-corrected chi connectivity index (χ0v) is 13.2. The monoisotopic (exact) mass is 297 g/mol. The molecule has 0 bridgehead atoms. The summed E-state index contributed by atoms with van der Waals surface area (Å²) in [4.78, 5) is 12.1. The number of amides is 1. The number of rotatable bonds is 7. The number of para-hydroxylation sites is 2. The second kappa shape index (κ2) is 8.23. The van der Waals surface area contributed by atoms with Gasteiger partial charge in [-0.25, -0.2) is 0 Å². The van der Waals surface area contributed by atoms with Gasteiger partial charge in [0.1, 0.15) is 5.75 Å². The van der Waals surface area contributed by atoms with Gasteiger partial charge < -0.3 is 10.1 Å². The lowest BCUT2D eigenvalue weighted by atomic mass is 10.1. The van der Waals surface area contributed by atoms with Crippen molar-refractivity contribution >= 4 is 11.6 Å². The average Bonchev–Trinajstić information content (AvgIpc) is 2.50. The molecule has 22 heavy (non-hydrogen) atoms. The molecular formula is C19H23NO2. The van der Waals surface area contributed by atoms with Crippen molar-refractivity contribution < 1.29 is 9.53 Å². The highest BCUT2D eigenvalue weighted by Gasteiger charge is 2.08. The largest absolute Gasteiger partial charge is 0.489 e. The van der Waals surface area contributed by atoms with Crippen LogP contribution in [0.1, 0.15) is 32.3 Å². The predicted octanol–water partition coefficient (Wildman–Crippen LogP) is 4.44. The third-order valence-electron chi connectivity index (χ3n) is 3.24. The number of hydrogen-bond donors (Lipinski definition) is 1. The Bertz CT molecular complexity index is 593. The Morgan fingerprint density at radius 3 is 2.45 bits per heavy atom. The molecule has 0 fully saturated rings. The Kier molecular flexibility index (Phi) is 6.01. The summed E-state index contributed by atoms with van der Waals surface area (Å²) < 4.78 is 5.71. The summed E-state index contributed by atoms with van der Waals surface area (Å²) in [6.45, 7) is 3.94. The number of carbonyl (C=O) groups excluding carboxylic acids is 1. The highest BCUT2D eigenvalue weighted by Crippen LogP contribution is 2.25. The summed E-state index contributed by atoms with van der Waals surface area (Å²) in [5, 5.41) is 2.94. The van der Waals surface area contributed by atoms with Crippen LogP contribution in [0.25, 0.3) is 0 Å². The first-order valence-electron chi connectivity index (χ1n) is 7.74. The fourth-order valence-corrected chi connectivity index (χ4v) is 2.24. The van der Waals surface area contributed by atoms with Gasteiger partial charge in [0.15, 0.2) is 0 Å². The molecule has 0 aliphatic heterocycles. The molecule has 0 aromatic heterocycles. The first kappa shape index (κ1) is 16.1. The first-order valence-corrected chi connectivity index (χ1v) is 7.74. The van der Waals surface area contributed by atoms with Crippen LogP contribution < -0.4 is 10.1 Å². The van der Waals surface area contributed by atoms with E-state index in [9.17, 15) is 4.79 Å². The second-order valence-corrected chi connectivity index (χ2v) is 5.55. The molecule has 0 aliphatic carbocycles. The smallest absolute Gasteiger partial charge is 0.224 e. The van der Waals surface area contributed by atoms with E-state index in [1.165, 1.54) is 5.56 Å². The molecule has 2 rings (SSSR count). The van der Waals surface area contributed by atoms with Crippen molar-refractivity contribution in [1.29, 1.82) is 0 Å². The molecule has 0 saturated heterocycles. The molecule has 0 saturated carbocycles. The van der Waals surface area contributed by atoms with Crippen molar-refractivity contribution in [3.05, 3.63) is 60.2 Å². The van der Waals surface area contributed by atoms with Crippen molar-refractivity contribution in [2.24, 2.45) is 0 Å². The number of aryl methyl sites for hydroxylation is 1. The quantitative estimate of drug-likeness (QED) is 0.820. The molecule has 2 aromatic carbocycles. The summed E-state index contributed by atoms with van der Waals surface area (Å²) in [6.07, 6.45) is 2.34. The van der Waals surface area contributed by atoms with Gasteiger partial charge in [-0.15, -0.1) is 0 Å². The molecule has 1 amide bonds. The van der Waals surface area contributed by atoms with Gasteiger partial charge in [0.05, 0.1) is 11.8 Å². The van der Waals surface area contributed by atoms with Crippen LogP contribution in [-0.4, -0.2) is 12.0 Å². The van der Waals surface area contributed by atoms with Gasteiger partial charge >= 0.3 is 0 Å². The van der Waals surface area contributed by atoms with Crippen molar-refractivity contribution in [3.63, 3.8) is 0 Å². The standard InChI is InChI=1S/C19H23NO2/c1-15(2)22-18-13-7-6-12-17(18)20-19(21)14-8-11-16-9-4-3-5-10-16/h3-7,9-10,12-13,15H,8,11,14H2,1-2H3,(H,20,21). The van der Waals surface area contributed by atoms with Crippen LogP contribution in [0.3, 0.4) is 0 Å². The van der Waals surface area contributed by atoms with E-state index >= 15 is 0 Å². The van der Waals surface area contributed by atoms with Gasteiger partial charge in [-0.1, -0.05) is 42.5 Å². The molecule has 3 nitrogen and oxygen atoms in total. The SMILES string of the molecule is CC(C)Oc1ccccc1NC(=O)CCCc1ccccc1. The maximum absolute atomic E-state index is 12.1. The van der Waals surface area contributed by atoms with Gasteiger partial charge in [0.2, 0.25) is 5.91 Å². The molecule has 0 unspecified atom stereocenters. The van der Waals surface area contributed by atoms with E-state index < -0.39 is 0 Å². The van der Waals surface area contributed by atoms with Crippen molar-refractivity contribution in [2.75, 3.05) is 5.32 Å². The number of hydrogen-bond acceptors (Lipinski definition) is 2. The van der Waals surface area contributed by atoms with E-state index in [1.807, 2.05) is 56.3 Å². The average molecular weight is 297 g/mol. The normalized spacial score (nSPS) is 10.5. The molecule has 0 spiro atoms. The number of anilines is 1. The van der Waals surface area contributed by atoms with E-state index in [2.05, 4.69) is 17.4 Å². The maximum atomic E-state index is 12.1. The summed E-state index contributed by atoms with van der Waals surface area (Å²) in [5.74, 6) is 0.740. The second-order valence-electron chi connectivity index (χ2n) is 5.55. The van der Waals surface area contributed by atoms with E-state index in [4.69, 9.17) is 4.74 Å². The Hall–Kier alpha value is -2.29. The molecule has 0 heterocycles. The molecule has 0 aliphatic rings. The maximum Gasteiger partial charge on any atom is 0.224 e. The van der Waals surface area contributed by atoms with Crippen molar-refractivity contribution in [1.82, 2.24) is 0 Å². The van der Waals surface area contributed by atoms with Crippen molar-refractivity contribution in [2.45, 2.75) is 39.2 Å². The number of carbonyl (C=O) groups is 1. The van der Waals surface area contributed by atoms with E-state index in [-0.39, 0.29) is 12.0 Å². The first-order chi connectivity index (χ1) is 10.6. The van der Waals surface area contributed by atoms with Gasteiger partial charge in [0, 0.05) is 6.42 Å². The van der Waals surface area contributed by atoms with E-state index in [0.29, 0.717) is 12.2 Å².